The third kappa shape index (κ3) is 12.7. The Morgan fingerprint density at radius 2 is 1.05 bits per heavy atom. The molecule has 0 amide bonds. The predicted molar refractivity (Wildman–Crippen MR) is 222 cm³/mol. The molecule has 3 N–H and O–H groups in total. The Hall–Kier alpha value is -3.68. The van der Waals surface area contributed by atoms with E-state index in [-0.39, 0.29) is 93.4 Å². The second-order valence-corrected chi connectivity index (χ2v) is 18.0. The average molecular weight is 884 g/mol. The van der Waals surface area contributed by atoms with E-state index in [1.54, 1.807) is 24.3 Å². The van der Waals surface area contributed by atoms with E-state index in [0.29, 0.717) is 22.4 Å². The zero-order valence-electron chi connectivity index (χ0n) is 33.6. The maximum atomic E-state index is 11.7. The molecule has 0 atom stereocenters. The van der Waals surface area contributed by atoms with Crippen molar-refractivity contribution in [2.45, 2.75) is 55.1 Å². The van der Waals surface area contributed by atoms with Crippen molar-refractivity contribution in [2.75, 3.05) is 10.6 Å². The van der Waals surface area contributed by atoms with Gasteiger partial charge in [0.25, 0.3) is 10.1 Å². The maximum Gasteiger partial charge on any atom is 1.00 e. The third-order valence-electron chi connectivity index (χ3n) is 9.48. The molecule has 300 valence electrons. The van der Waals surface area contributed by atoms with Crippen molar-refractivity contribution < 1.29 is 98.0 Å². The van der Waals surface area contributed by atoms with Gasteiger partial charge in [-0.05, 0) is 149 Å². The van der Waals surface area contributed by atoms with Gasteiger partial charge in [-0.1, -0.05) is 54.6 Å². The largest absolute Gasteiger partial charge is 1.00 e. The summed E-state index contributed by atoms with van der Waals surface area (Å²) < 4.78 is 102. The Kier molecular flexibility index (Phi) is 16.7. The molecule has 60 heavy (non-hydrogen) atoms. The fourth-order valence-corrected chi connectivity index (χ4v) is 8.15. The van der Waals surface area contributed by atoms with E-state index in [4.69, 9.17) is 4.99 Å². The van der Waals surface area contributed by atoms with Crippen LogP contribution in [0.15, 0.2) is 158 Å². The van der Waals surface area contributed by atoms with Gasteiger partial charge < -0.3 is 19.7 Å². The van der Waals surface area contributed by atoms with Gasteiger partial charge in [-0.3, -0.25) is 9.55 Å². The Bertz CT molecular complexity index is 2760. The van der Waals surface area contributed by atoms with Gasteiger partial charge in [0, 0.05) is 24.5 Å². The molecule has 0 unspecified atom stereocenters. The van der Waals surface area contributed by atoms with Crippen molar-refractivity contribution in [2.24, 2.45) is 4.99 Å². The van der Waals surface area contributed by atoms with Crippen LogP contribution in [0, 0.1) is 13.8 Å². The summed E-state index contributed by atoms with van der Waals surface area (Å²) in [5.41, 5.74) is 10.5. The fourth-order valence-electron chi connectivity index (χ4n) is 6.52. The van der Waals surface area contributed by atoms with Crippen LogP contribution in [0.3, 0.4) is 0 Å². The second-order valence-electron chi connectivity index (χ2n) is 13.8. The van der Waals surface area contributed by atoms with Crippen LogP contribution >= 0.6 is 0 Å². The SMILES string of the molecule is CC1=CC(=C(c2ccc(NCc3cccc(S(=O)(=O)[O-])c3)c(C)c2)c2ccc(NCc3cccc(S(=O)(=O)[O-])c3)c(C)c2)C=CC1=NCc1cccc(S(=O)(=O)O)c1.[Na+].[Na+]. The van der Waals surface area contributed by atoms with Crippen molar-refractivity contribution in [3.63, 3.8) is 0 Å². The molecule has 1 aliphatic rings. The van der Waals surface area contributed by atoms with Crippen LogP contribution in [-0.2, 0) is 50.0 Å². The Balaban J connectivity index is 0.00000397. The van der Waals surface area contributed by atoms with Gasteiger partial charge in [0.15, 0.2) is 0 Å². The van der Waals surface area contributed by atoms with Gasteiger partial charge >= 0.3 is 59.1 Å². The van der Waals surface area contributed by atoms with Gasteiger partial charge in [-0.2, -0.15) is 8.42 Å². The molecule has 0 heterocycles. The summed E-state index contributed by atoms with van der Waals surface area (Å²) in [5, 5.41) is 6.68. The first-order valence-electron chi connectivity index (χ1n) is 17.9. The summed E-state index contributed by atoms with van der Waals surface area (Å²) in [4.78, 5) is 3.93. The zero-order valence-corrected chi connectivity index (χ0v) is 40.1. The van der Waals surface area contributed by atoms with Crippen molar-refractivity contribution in [3.8, 4) is 0 Å². The Morgan fingerprint density at radius 3 is 1.48 bits per heavy atom. The molecule has 0 saturated carbocycles. The number of nitrogens with one attached hydrogen (secondary N) is 2. The molecular weight excluding hydrogens is 845 g/mol. The smallest absolute Gasteiger partial charge is 0.744 e. The van der Waals surface area contributed by atoms with E-state index >= 15 is 0 Å². The minimum Gasteiger partial charge on any atom is -0.744 e. The average Bonchev–Trinajstić information content (AvgIpc) is 3.16. The number of hydrogen-bond donors (Lipinski definition) is 3. The van der Waals surface area contributed by atoms with E-state index in [1.807, 2.05) is 75.4 Å². The van der Waals surface area contributed by atoms with Gasteiger partial charge in [-0.25, -0.2) is 16.8 Å². The van der Waals surface area contributed by atoms with Gasteiger partial charge in [0.1, 0.15) is 20.2 Å². The molecule has 0 aromatic heterocycles. The van der Waals surface area contributed by atoms with Crippen molar-refractivity contribution >= 4 is 53.0 Å². The first-order chi connectivity index (χ1) is 27.3. The van der Waals surface area contributed by atoms with Gasteiger partial charge in [0.2, 0.25) is 0 Å². The predicted octanol–water partition coefficient (Wildman–Crippen LogP) is 1.55. The standard InChI is InChI=1S/C43H41N3O9S3.2Na/c1-28-19-34(13-16-40(28)44-25-31-7-4-10-37(22-31)56(47,48)49)43(35-14-17-41(29(2)20-35)45-26-32-8-5-11-38(23-32)57(50,51)52)36-15-18-42(30(3)21-36)46-27-33-9-6-12-39(24-33)58(53,54)55;;/h4-24,44-45H,25-27H2,1-3H3,(H,47,48,49)(H,50,51,52)(H,53,54,55);;/q;2*+1/p-2. The molecule has 5 aromatic rings. The van der Waals surface area contributed by atoms with Crippen LogP contribution < -0.4 is 69.7 Å². The summed E-state index contributed by atoms with van der Waals surface area (Å²) >= 11 is 0. The minimum absolute atomic E-state index is 0. The molecule has 1 aliphatic carbocycles. The topological polar surface area (TPSA) is 205 Å². The van der Waals surface area contributed by atoms with Crippen molar-refractivity contribution in [1.82, 2.24) is 0 Å². The van der Waals surface area contributed by atoms with Crippen molar-refractivity contribution in [1.29, 1.82) is 0 Å². The fraction of sp³-hybridized carbons (Fsp3) is 0.140. The van der Waals surface area contributed by atoms with E-state index in [0.717, 1.165) is 50.3 Å². The molecule has 17 heteroatoms. The summed E-state index contributed by atoms with van der Waals surface area (Å²) in [6, 6.07) is 29.7. The zero-order chi connectivity index (χ0) is 41.8. The van der Waals surface area contributed by atoms with Crippen LogP contribution in [0.4, 0.5) is 11.4 Å². The number of nitrogens with zero attached hydrogens (tertiary/aromatic N) is 1. The number of hydrogen-bond acceptors (Lipinski definition) is 11. The van der Waals surface area contributed by atoms with E-state index in [2.05, 4.69) is 10.6 Å². The Labute approximate surface area is 395 Å². The summed E-state index contributed by atoms with van der Waals surface area (Å²) in [7, 11) is -13.5. The Morgan fingerprint density at radius 1 is 0.600 bits per heavy atom. The molecule has 6 rings (SSSR count). The second kappa shape index (κ2) is 20.5. The summed E-state index contributed by atoms with van der Waals surface area (Å²) in [5.74, 6) is 0. The number of allylic oxidation sites excluding steroid dienone is 5. The molecule has 12 nitrogen and oxygen atoms in total. The number of benzene rings is 5. The minimum atomic E-state index is -4.59. The number of rotatable bonds is 13. The van der Waals surface area contributed by atoms with E-state index in [9.17, 15) is 38.9 Å². The van der Waals surface area contributed by atoms with E-state index in [1.165, 1.54) is 48.5 Å². The van der Waals surface area contributed by atoms with Crippen LogP contribution in [0.1, 0.15) is 45.9 Å². The van der Waals surface area contributed by atoms with Gasteiger partial charge in [-0.15, -0.1) is 0 Å². The number of aliphatic imine (C=N–C) groups is 1. The molecule has 0 aliphatic heterocycles. The molecule has 5 aromatic carbocycles. The molecular formula is C43H39N3Na2O9S3. The summed E-state index contributed by atoms with van der Waals surface area (Å²) in [6.45, 7) is 6.61. The first kappa shape index (κ1) is 49.0. The molecule has 0 bridgehead atoms. The maximum absolute atomic E-state index is 11.7. The number of anilines is 2. The first-order valence-corrected chi connectivity index (χ1v) is 22.1. The summed E-state index contributed by atoms with van der Waals surface area (Å²) in [6.07, 6.45) is 5.89. The normalized spacial score (nSPS) is 13.5. The van der Waals surface area contributed by atoms with Crippen molar-refractivity contribution in [3.05, 3.63) is 178 Å². The van der Waals surface area contributed by atoms with Crippen LogP contribution in [0.2, 0.25) is 0 Å². The van der Waals surface area contributed by atoms with Gasteiger partial charge in [0.05, 0.1) is 26.9 Å². The number of aryl methyl sites for hydroxylation is 2. The molecule has 0 fully saturated rings. The molecule has 0 spiro atoms. The quantitative estimate of drug-likeness (QED) is 0.114. The monoisotopic (exact) mass is 883 g/mol. The van der Waals surface area contributed by atoms with Crippen LogP contribution in [0.25, 0.3) is 5.57 Å². The molecule has 0 radical (unpaired) electrons. The molecule has 0 saturated heterocycles. The van der Waals surface area contributed by atoms with Crippen LogP contribution in [-0.4, -0.2) is 44.6 Å². The van der Waals surface area contributed by atoms with E-state index < -0.39 is 30.4 Å². The van der Waals surface area contributed by atoms with Crippen LogP contribution in [0.5, 0.6) is 0 Å². The third-order valence-corrected chi connectivity index (χ3v) is 12.0.